The number of carbonyl (C=O) groups excluding carboxylic acids is 2. The molecule has 0 spiro atoms. The Kier molecular flexibility index (Phi) is 4.86. The van der Waals surface area contributed by atoms with Crippen LogP contribution in [-0.4, -0.2) is 28.8 Å². The van der Waals surface area contributed by atoms with Gasteiger partial charge in [-0.15, -0.1) is 0 Å². The number of nitro benzene ring substituents is 1. The Bertz CT molecular complexity index is 1100. The zero-order valence-corrected chi connectivity index (χ0v) is 14.7. The summed E-state index contributed by atoms with van der Waals surface area (Å²) in [5.41, 5.74) is 11.5. The molecule has 0 aliphatic heterocycles. The molecule has 0 atom stereocenters. The van der Waals surface area contributed by atoms with Gasteiger partial charge < -0.3 is 25.9 Å². The molecule has 3 aromatic rings. The molecule has 3 rings (SSSR count). The van der Waals surface area contributed by atoms with Gasteiger partial charge in [-0.2, -0.15) is 0 Å². The van der Waals surface area contributed by atoms with Crippen LogP contribution in [0.15, 0.2) is 36.4 Å². The number of hydrogen-bond donors (Lipinski definition) is 3. The Labute approximate surface area is 158 Å². The molecule has 0 saturated heterocycles. The quantitative estimate of drug-likeness (QED) is 0.416. The van der Waals surface area contributed by atoms with Crippen molar-refractivity contribution in [2.75, 3.05) is 7.11 Å². The highest BCUT2D eigenvalue weighted by Gasteiger charge is 2.19. The average molecular weight is 384 g/mol. The van der Waals surface area contributed by atoms with Gasteiger partial charge >= 0.3 is 5.69 Å². The molecular weight excluding hydrogens is 368 g/mol. The number of carbonyl (C=O) groups is 2. The number of methoxy groups -OCH3 is 1. The maximum absolute atomic E-state index is 11.8. The summed E-state index contributed by atoms with van der Waals surface area (Å²) in [7, 11) is 1.32. The highest BCUT2D eigenvalue weighted by Crippen LogP contribution is 2.34. The summed E-state index contributed by atoms with van der Waals surface area (Å²) in [5.74, 6) is -0.518. The van der Waals surface area contributed by atoms with Crippen molar-refractivity contribution in [3.8, 4) is 17.2 Å². The summed E-state index contributed by atoms with van der Waals surface area (Å²) < 4.78 is 10.7. The zero-order valence-electron chi connectivity index (χ0n) is 14.7. The Morgan fingerprint density at radius 3 is 2.43 bits per heavy atom. The molecule has 144 valence electrons. The number of nitrogens with zero attached hydrogens (tertiary/aromatic N) is 1. The van der Waals surface area contributed by atoms with Crippen LogP contribution in [0.2, 0.25) is 0 Å². The molecule has 0 bridgehead atoms. The topological polar surface area (TPSA) is 164 Å². The molecule has 0 aliphatic carbocycles. The number of aromatic amines is 1. The van der Waals surface area contributed by atoms with Crippen LogP contribution in [0.5, 0.6) is 17.2 Å². The van der Waals surface area contributed by atoms with E-state index in [1.165, 1.54) is 25.3 Å². The van der Waals surface area contributed by atoms with E-state index < -0.39 is 16.7 Å². The van der Waals surface area contributed by atoms with Crippen LogP contribution in [-0.2, 0) is 11.2 Å². The number of nitrogens with two attached hydrogens (primary N) is 2. The lowest BCUT2D eigenvalue weighted by atomic mass is 10.1. The van der Waals surface area contributed by atoms with Gasteiger partial charge in [0.25, 0.3) is 5.91 Å². The van der Waals surface area contributed by atoms with Gasteiger partial charge in [0.2, 0.25) is 11.7 Å². The molecule has 0 radical (unpaired) electrons. The van der Waals surface area contributed by atoms with Crippen molar-refractivity contribution in [3.05, 3.63) is 57.8 Å². The van der Waals surface area contributed by atoms with Gasteiger partial charge in [0.05, 0.1) is 29.5 Å². The Morgan fingerprint density at radius 1 is 1.14 bits per heavy atom. The zero-order chi connectivity index (χ0) is 20.4. The molecular formula is C18H16N4O6. The molecule has 0 saturated carbocycles. The van der Waals surface area contributed by atoms with Crippen molar-refractivity contribution in [2.45, 2.75) is 6.42 Å². The van der Waals surface area contributed by atoms with Crippen molar-refractivity contribution in [1.82, 2.24) is 4.98 Å². The lowest BCUT2D eigenvalue weighted by molar-refractivity contribution is -0.385. The maximum Gasteiger partial charge on any atom is 0.311 e. The van der Waals surface area contributed by atoms with E-state index in [1.54, 1.807) is 18.2 Å². The first-order valence-electron chi connectivity index (χ1n) is 8.03. The Balaban J connectivity index is 1.98. The van der Waals surface area contributed by atoms with Crippen molar-refractivity contribution >= 4 is 28.4 Å². The van der Waals surface area contributed by atoms with Gasteiger partial charge in [-0.25, -0.2) is 0 Å². The molecule has 1 aromatic heterocycles. The normalized spacial score (nSPS) is 10.6. The van der Waals surface area contributed by atoms with Gasteiger partial charge in [0.15, 0.2) is 0 Å². The summed E-state index contributed by atoms with van der Waals surface area (Å²) in [4.78, 5) is 36.4. The molecule has 0 unspecified atom stereocenters. The predicted octanol–water partition coefficient (Wildman–Crippen LogP) is 2.00. The standard InChI is InChI=1S/C18H16N4O6/c1-27-15-7-10(3-5-14(15)22(25)26)28-9-2-4-11-12(6-9)21-13(8-16(19)23)17(11)18(20)24/h2-7,21H,8H2,1H3,(H2,19,23)(H2,20,24). The summed E-state index contributed by atoms with van der Waals surface area (Å²) in [6.45, 7) is 0. The molecule has 1 heterocycles. The second-order valence-electron chi connectivity index (χ2n) is 5.89. The summed E-state index contributed by atoms with van der Waals surface area (Å²) in [6.07, 6.45) is -0.164. The van der Waals surface area contributed by atoms with Crippen LogP contribution in [0.4, 0.5) is 5.69 Å². The molecule has 0 aliphatic rings. The van der Waals surface area contributed by atoms with Gasteiger partial charge in [-0.3, -0.25) is 19.7 Å². The first kappa shape index (κ1) is 18.7. The van der Waals surface area contributed by atoms with E-state index >= 15 is 0 Å². The molecule has 5 N–H and O–H groups in total. The van der Waals surface area contributed by atoms with Crippen LogP contribution < -0.4 is 20.9 Å². The monoisotopic (exact) mass is 384 g/mol. The van der Waals surface area contributed by atoms with E-state index in [1.807, 2.05) is 0 Å². The van der Waals surface area contributed by atoms with Gasteiger partial charge in [-0.1, -0.05) is 0 Å². The second kappa shape index (κ2) is 7.27. The minimum Gasteiger partial charge on any atom is -0.490 e. The fourth-order valence-corrected chi connectivity index (χ4v) is 2.89. The fourth-order valence-electron chi connectivity index (χ4n) is 2.89. The van der Waals surface area contributed by atoms with Crippen LogP contribution in [0.25, 0.3) is 10.9 Å². The van der Waals surface area contributed by atoms with Gasteiger partial charge in [0.1, 0.15) is 11.5 Å². The third-order valence-electron chi connectivity index (χ3n) is 4.03. The van der Waals surface area contributed by atoms with E-state index in [4.69, 9.17) is 20.9 Å². The number of ether oxygens (including phenoxy) is 2. The first-order chi connectivity index (χ1) is 13.3. The lowest BCUT2D eigenvalue weighted by Gasteiger charge is -2.08. The highest BCUT2D eigenvalue weighted by atomic mass is 16.6. The van der Waals surface area contributed by atoms with E-state index in [0.717, 1.165) is 0 Å². The lowest BCUT2D eigenvalue weighted by Crippen LogP contribution is -2.18. The van der Waals surface area contributed by atoms with E-state index in [0.29, 0.717) is 28.1 Å². The number of rotatable bonds is 7. The van der Waals surface area contributed by atoms with Crippen molar-refractivity contribution < 1.29 is 24.0 Å². The minimum absolute atomic E-state index is 0.0585. The molecule has 28 heavy (non-hydrogen) atoms. The number of nitro groups is 1. The number of amides is 2. The Hall–Kier alpha value is -4.08. The summed E-state index contributed by atoms with van der Waals surface area (Å²) in [6, 6.07) is 8.94. The van der Waals surface area contributed by atoms with Gasteiger partial charge in [-0.05, 0) is 18.2 Å². The second-order valence-corrected chi connectivity index (χ2v) is 5.89. The average Bonchev–Trinajstić information content (AvgIpc) is 2.97. The highest BCUT2D eigenvalue weighted by molar-refractivity contribution is 6.08. The SMILES string of the molecule is COc1cc(Oc2ccc3c(C(N)=O)c(CC(N)=O)[nH]c3c2)ccc1[N+](=O)[O-]. The molecule has 0 fully saturated rings. The number of fused-ring (bicyclic) bond motifs is 1. The van der Waals surface area contributed by atoms with Crippen LogP contribution >= 0.6 is 0 Å². The van der Waals surface area contributed by atoms with Crippen molar-refractivity contribution in [2.24, 2.45) is 11.5 Å². The Morgan fingerprint density at radius 2 is 1.82 bits per heavy atom. The van der Waals surface area contributed by atoms with Gasteiger partial charge in [0, 0.05) is 29.3 Å². The molecule has 10 nitrogen and oxygen atoms in total. The maximum atomic E-state index is 11.8. The predicted molar refractivity (Wildman–Crippen MR) is 99.4 cm³/mol. The fraction of sp³-hybridized carbons (Fsp3) is 0.111. The minimum atomic E-state index is -0.684. The number of hydrogen-bond acceptors (Lipinski definition) is 6. The number of primary amides is 2. The van der Waals surface area contributed by atoms with E-state index in [2.05, 4.69) is 4.98 Å². The summed E-state index contributed by atoms with van der Waals surface area (Å²) >= 11 is 0. The summed E-state index contributed by atoms with van der Waals surface area (Å²) in [5, 5.41) is 11.5. The third-order valence-corrected chi connectivity index (χ3v) is 4.03. The number of H-pyrrole nitrogens is 1. The number of nitrogens with one attached hydrogen (secondary N) is 1. The van der Waals surface area contributed by atoms with E-state index in [9.17, 15) is 19.7 Å². The molecule has 10 heteroatoms. The smallest absolute Gasteiger partial charge is 0.311 e. The van der Waals surface area contributed by atoms with Crippen molar-refractivity contribution in [3.63, 3.8) is 0 Å². The van der Waals surface area contributed by atoms with Crippen LogP contribution in [0.1, 0.15) is 16.1 Å². The van der Waals surface area contributed by atoms with E-state index in [-0.39, 0.29) is 23.4 Å². The van der Waals surface area contributed by atoms with Crippen molar-refractivity contribution in [1.29, 1.82) is 0 Å². The largest absolute Gasteiger partial charge is 0.490 e. The molecule has 2 aromatic carbocycles. The molecule has 2 amide bonds. The van der Waals surface area contributed by atoms with Crippen LogP contribution in [0.3, 0.4) is 0 Å². The third kappa shape index (κ3) is 3.56. The van der Waals surface area contributed by atoms with Crippen LogP contribution in [0, 0.1) is 10.1 Å². The number of aromatic nitrogens is 1. The number of benzene rings is 2. The first-order valence-corrected chi connectivity index (χ1v) is 8.03.